The Morgan fingerprint density at radius 2 is 2.04 bits per heavy atom. The first-order valence-corrected chi connectivity index (χ1v) is 8.85. The van der Waals surface area contributed by atoms with Crippen LogP contribution in [-0.2, 0) is 0 Å². The molecular weight excluding hydrogens is 335 g/mol. The third-order valence-electron chi connectivity index (χ3n) is 4.65. The SMILES string of the molecule is CC(C)c1ccc(C(=O)N2CCC(Oc3ncccc3F)CC2)c(O)c1. The summed E-state index contributed by atoms with van der Waals surface area (Å²) in [5.74, 6) is -0.388. The van der Waals surface area contributed by atoms with Crippen molar-refractivity contribution in [2.75, 3.05) is 13.1 Å². The molecule has 0 radical (unpaired) electrons. The number of carbonyl (C=O) groups is 1. The van der Waals surface area contributed by atoms with Crippen LogP contribution in [-0.4, -0.2) is 40.1 Å². The van der Waals surface area contributed by atoms with Gasteiger partial charge in [0.05, 0.1) is 5.56 Å². The van der Waals surface area contributed by atoms with Crippen molar-refractivity contribution >= 4 is 5.91 Å². The summed E-state index contributed by atoms with van der Waals surface area (Å²) in [5, 5.41) is 10.2. The van der Waals surface area contributed by atoms with Crippen molar-refractivity contribution in [3.63, 3.8) is 0 Å². The van der Waals surface area contributed by atoms with E-state index in [-0.39, 0.29) is 29.6 Å². The lowest BCUT2D eigenvalue weighted by Gasteiger charge is -2.32. The Hall–Kier alpha value is -2.63. The van der Waals surface area contributed by atoms with Crippen molar-refractivity contribution in [2.24, 2.45) is 0 Å². The molecule has 6 heteroatoms. The van der Waals surface area contributed by atoms with Crippen LogP contribution >= 0.6 is 0 Å². The van der Waals surface area contributed by atoms with Crippen LogP contribution in [0.3, 0.4) is 0 Å². The zero-order valence-electron chi connectivity index (χ0n) is 15.0. The number of aromatic nitrogens is 1. The van der Waals surface area contributed by atoms with Gasteiger partial charge in [-0.2, -0.15) is 0 Å². The number of hydrogen-bond donors (Lipinski definition) is 1. The fourth-order valence-corrected chi connectivity index (χ4v) is 3.05. The summed E-state index contributed by atoms with van der Waals surface area (Å²) in [6.07, 6.45) is 2.49. The van der Waals surface area contributed by atoms with E-state index in [0.717, 1.165) is 5.56 Å². The second-order valence-electron chi connectivity index (χ2n) is 6.83. The molecule has 0 atom stereocenters. The molecule has 1 N–H and O–H groups in total. The first-order chi connectivity index (χ1) is 12.5. The van der Waals surface area contributed by atoms with Crippen molar-refractivity contribution in [3.05, 3.63) is 53.5 Å². The van der Waals surface area contributed by atoms with Gasteiger partial charge in [-0.25, -0.2) is 9.37 Å². The van der Waals surface area contributed by atoms with E-state index in [4.69, 9.17) is 4.74 Å². The number of carbonyl (C=O) groups excluding carboxylic acids is 1. The topological polar surface area (TPSA) is 62.7 Å². The largest absolute Gasteiger partial charge is 0.507 e. The Morgan fingerprint density at radius 1 is 1.31 bits per heavy atom. The summed E-state index contributed by atoms with van der Waals surface area (Å²) < 4.78 is 19.2. The van der Waals surface area contributed by atoms with Crippen molar-refractivity contribution < 1.29 is 19.0 Å². The molecule has 1 aliphatic rings. The van der Waals surface area contributed by atoms with Gasteiger partial charge < -0.3 is 14.7 Å². The summed E-state index contributed by atoms with van der Waals surface area (Å²) >= 11 is 0. The highest BCUT2D eigenvalue weighted by atomic mass is 19.1. The fraction of sp³-hybridized carbons (Fsp3) is 0.400. The first-order valence-electron chi connectivity index (χ1n) is 8.85. The number of pyridine rings is 1. The van der Waals surface area contributed by atoms with E-state index in [0.29, 0.717) is 31.5 Å². The average molecular weight is 358 g/mol. The van der Waals surface area contributed by atoms with Gasteiger partial charge in [-0.3, -0.25) is 4.79 Å². The Kier molecular flexibility index (Phi) is 5.40. The third kappa shape index (κ3) is 3.95. The van der Waals surface area contributed by atoms with Crippen molar-refractivity contribution in [1.29, 1.82) is 0 Å². The fourth-order valence-electron chi connectivity index (χ4n) is 3.05. The molecule has 0 saturated carbocycles. The van der Waals surface area contributed by atoms with Gasteiger partial charge in [-0.1, -0.05) is 19.9 Å². The predicted octanol–water partition coefficient (Wildman–Crippen LogP) is 3.73. The lowest BCUT2D eigenvalue weighted by Crippen LogP contribution is -2.42. The molecule has 138 valence electrons. The number of rotatable bonds is 4. The van der Waals surface area contributed by atoms with E-state index < -0.39 is 5.82 Å². The van der Waals surface area contributed by atoms with Crippen LogP contribution in [0.25, 0.3) is 0 Å². The van der Waals surface area contributed by atoms with Crippen molar-refractivity contribution in [3.8, 4) is 11.6 Å². The molecule has 2 aromatic rings. The number of benzene rings is 1. The molecule has 1 aromatic heterocycles. The number of phenolic OH excluding ortho intramolecular Hbond substituents is 1. The van der Waals surface area contributed by atoms with E-state index in [2.05, 4.69) is 4.98 Å². The van der Waals surface area contributed by atoms with E-state index in [1.807, 2.05) is 19.9 Å². The summed E-state index contributed by atoms with van der Waals surface area (Å²) in [4.78, 5) is 18.3. The van der Waals surface area contributed by atoms with Crippen LogP contribution in [0.15, 0.2) is 36.5 Å². The third-order valence-corrected chi connectivity index (χ3v) is 4.65. The summed E-state index contributed by atoms with van der Waals surface area (Å²) in [6, 6.07) is 8.03. The maximum Gasteiger partial charge on any atom is 0.257 e. The molecule has 3 rings (SSSR count). The maximum atomic E-state index is 13.6. The molecule has 1 amide bonds. The van der Waals surface area contributed by atoms with E-state index >= 15 is 0 Å². The normalized spacial score (nSPS) is 15.3. The second kappa shape index (κ2) is 7.72. The quantitative estimate of drug-likeness (QED) is 0.904. The Labute approximate surface area is 152 Å². The Morgan fingerprint density at radius 3 is 2.65 bits per heavy atom. The van der Waals surface area contributed by atoms with E-state index in [9.17, 15) is 14.3 Å². The molecule has 1 aliphatic heterocycles. The van der Waals surface area contributed by atoms with Gasteiger partial charge in [0.2, 0.25) is 0 Å². The molecule has 0 spiro atoms. The zero-order valence-corrected chi connectivity index (χ0v) is 15.0. The minimum Gasteiger partial charge on any atom is -0.507 e. The Balaban J connectivity index is 1.61. The number of phenols is 1. The van der Waals surface area contributed by atoms with Crippen LogP contribution < -0.4 is 4.74 Å². The molecule has 1 saturated heterocycles. The number of hydrogen-bond acceptors (Lipinski definition) is 4. The molecule has 0 unspecified atom stereocenters. The number of piperidine rings is 1. The van der Waals surface area contributed by atoms with Crippen LogP contribution in [0, 0.1) is 5.82 Å². The molecule has 1 fully saturated rings. The number of halogens is 1. The standard InChI is InChI=1S/C20H23FN2O3/c1-13(2)14-5-6-16(18(24)12-14)20(25)23-10-7-15(8-11-23)26-19-17(21)4-3-9-22-19/h3-6,9,12-13,15,24H,7-8,10-11H2,1-2H3. The highest BCUT2D eigenvalue weighted by molar-refractivity contribution is 5.97. The van der Waals surface area contributed by atoms with Gasteiger partial charge in [-0.05, 0) is 35.7 Å². The van der Waals surface area contributed by atoms with E-state index in [1.165, 1.54) is 18.3 Å². The maximum absolute atomic E-state index is 13.6. The van der Waals surface area contributed by atoms with Crippen LogP contribution in [0.1, 0.15) is 48.5 Å². The summed E-state index contributed by atoms with van der Waals surface area (Å²) in [7, 11) is 0. The van der Waals surface area contributed by atoms with Gasteiger partial charge in [0, 0.05) is 32.1 Å². The Bertz CT molecular complexity index is 786. The molecule has 2 heterocycles. The molecule has 26 heavy (non-hydrogen) atoms. The molecular formula is C20H23FN2O3. The van der Waals surface area contributed by atoms with E-state index in [1.54, 1.807) is 17.0 Å². The smallest absolute Gasteiger partial charge is 0.257 e. The zero-order chi connectivity index (χ0) is 18.7. The molecule has 1 aromatic carbocycles. The van der Waals surface area contributed by atoms with Crippen molar-refractivity contribution in [2.45, 2.75) is 38.7 Å². The number of nitrogens with zero attached hydrogens (tertiary/aromatic N) is 2. The highest BCUT2D eigenvalue weighted by Gasteiger charge is 2.27. The van der Waals surface area contributed by atoms with Crippen LogP contribution in [0.5, 0.6) is 11.6 Å². The molecule has 5 nitrogen and oxygen atoms in total. The van der Waals surface area contributed by atoms with Crippen molar-refractivity contribution in [1.82, 2.24) is 9.88 Å². The minimum atomic E-state index is -0.485. The minimum absolute atomic E-state index is 0.000745. The predicted molar refractivity (Wildman–Crippen MR) is 95.9 cm³/mol. The van der Waals surface area contributed by atoms with Gasteiger partial charge in [0.25, 0.3) is 11.8 Å². The van der Waals surface area contributed by atoms with Gasteiger partial charge in [0.1, 0.15) is 11.9 Å². The number of amides is 1. The summed E-state index contributed by atoms with van der Waals surface area (Å²) in [6.45, 7) is 5.05. The highest BCUT2D eigenvalue weighted by Crippen LogP contribution is 2.26. The second-order valence-corrected chi connectivity index (χ2v) is 6.83. The number of aromatic hydroxyl groups is 1. The monoisotopic (exact) mass is 358 g/mol. The lowest BCUT2D eigenvalue weighted by molar-refractivity contribution is 0.0577. The van der Waals surface area contributed by atoms with Crippen LogP contribution in [0.4, 0.5) is 4.39 Å². The first kappa shape index (κ1) is 18.2. The van der Waals surface area contributed by atoms with Gasteiger partial charge in [0.15, 0.2) is 5.82 Å². The average Bonchev–Trinajstić information content (AvgIpc) is 2.63. The number of likely N-dealkylation sites (tertiary alicyclic amines) is 1. The number of ether oxygens (including phenoxy) is 1. The van der Waals surface area contributed by atoms with Gasteiger partial charge in [-0.15, -0.1) is 0 Å². The summed E-state index contributed by atoms with van der Waals surface area (Å²) in [5.41, 5.74) is 1.30. The van der Waals surface area contributed by atoms with Crippen LogP contribution in [0.2, 0.25) is 0 Å². The lowest BCUT2D eigenvalue weighted by atomic mass is 10.00. The molecule has 0 aliphatic carbocycles. The molecule has 0 bridgehead atoms. The van der Waals surface area contributed by atoms with Gasteiger partial charge >= 0.3 is 0 Å².